The summed E-state index contributed by atoms with van der Waals surface area (Å²) in [6.07, 6.45) is 0. The SMILES string of the molecule is CC(C)C1CNc2c(csc2C(=O)O)S1. The third kappa shape index (κ3) is 1.99. The second-order valence-electron chi connectivity index (χ2n) is 3.89. The number of fused-ring (bicyclic) bond motifs is 1. The van der Waals surface area contributed by atoms with Crippen LogP contribution in [0.15, 0.2) is 10.3 Å². The lowest BCUT2D eigenvalue weighted by molar-refractivity contribution is 0.0703. The Kier molecular flexibility index (Phi) is 2.93. The molecule has 0 bridgehead atoms. The van der Waals surface area contributed by atoms with Gasteiger partial charge in [-0.25, -0.2) is 4.79 Å². The molecular formula is C10H13NO2S2. The van der Waals surface area contributed by atoms with Crippen LogP contribution in [-0.2, 0) is 0 Å². The molecule has 0 amide bonds. The molecule has 82 valence electrons. The third-order valence-corrected chi connectivity index (χ3v) is 5.16. The molecule has 2 rings (SSSR count). The Morgan fingerprint density at radius 2 is 2.40 bits per heavy atom. The van der Waals surface area contributed by atoms with Crippen molar-refractivity contribution in [2.24, 2.45) is 5.92 Å². The number of hydrogen-bond acceptors (Lipinski definition) is 4. The van der Waals surface area contributed by atoms with Crippen LogP contribution < -0.4 is 5.32 Å². The highest BCUT2D eigenvalue weighted by Gasteiger charge is 2.26. The molecule has 0 saturated heterocycles. The van der Waals surface area contributed by atoms with Gasteiger partial charge in [0.05, 0.1) is 5.69 Å². The van der Waals surface area contributed by atoms with Crippen molar-refractivity contribution in [2.75, 3.05) is 11.9 Å². The van der Waals surface area contributed by atoms with Crippen molar-refractivity contribution in [3.8, 4) is 0 Å². The zero-order chi connectivity index (χ0) is 11.0. The number of rotatable bonds is 2. The van der Waals surface area contributed by atoms with E-state index < -0.39 is 5.97 Å². The molecule has 0 radical (unpaired) electrons. The smallest absolute Gasteiger partial charge is 0.348 e. The minimum Gasteiger partial charge on any atom is -0.477 e. The molecule has 2 N–H and O–H groups in total. The fourth-order valence-corrected chi connectivity index (χ4v) is 3.76. The van der Waals surface area contributed by atoms with Crippen LogP contribution in [0.3, 0.4) is 0 Å². The molecule has 0 aliphatic carbocycles. The summed E-state index contributed by atoms with van der Waals surface area (Å²) in [6.45, 7) is 5.23. The second kappa shape index (κ2) is 4.06. The predicted molar refractivity (Wildman–Crippen MR) is 64.3 cm³/mol. The average molecular weight is 243 g/mol. The van der Waals surface area contributed by atoms with Crippen molar-refractivity contribution in [1.82, 2.24) is 0 Å². The lowest BCUT2D eigenvalue weighted by Gasteiger charge is -2.26. The van der Waals surface area contributed by atoms with Crippen molar-refractivity contribution in [1.29, 1.82) is 0 Å². The molecule has 0 saturated carbocycles. The molecule has 3 nitrogen and oxygen atoms in total. The minimum absolute atomic E-state index is 0.430. The Balaban J connectivity index is 2.26. The first-order valence-corrected chi connectivity index (χ1v) is 6.61. The first kappa shape index (κ1) is 10.8. The van der Waals surface area contributed by atoms with Gasteiger partial charge in [-0.05, 0) is 5.92 Å². The molecule has 1 aliphatic rings. The first-order valence-electron chi connectivity index (χ1n) is 4.85. The van der Waals surface area contributed by atoms with Gasteiger partial charge in [-0.1, -0.05) is 13.8 Å². The summed E-state index contributed by atoms with van der Waals surface area (Å²) in [7, 11) is 0. The normalized spacial score (nSPS) is 19.8. The number of anilines is 1. The summed E-state index contributed by atoms with van der Waals surface area (Å²) < 4.78 is 0. The van der Waals surface area contributed by atoms with Crippen molar-refractivity contribution >= 4 is 34.8 Å². The molecule has 1 aromatic rings. The van der Waals surface area contributed by atoms with Crippen LogP contribution in [0.4, 0.5) is 5.69 Å². The Labute approximate surface area is 96.9 Å². The minimum atomic E-state index is -0.836. The highest BCUT2D eigenvalue weighted by Crippen LogP contribution is 2.42. The molecule has 1 aliphatic heterocycles. The number of carboxylic acid groups (broad SMARTS) is 1. The summed E-state index contributed by atoms with van der Waals surface area (Å²) in [5.74, 6) is -0.235. The van der Waals surface area contributed by atoms with E-state index in [1.807, 2.05) is 5.38 Å². The molecule has 0 aromatic carbocycles. The van der Waals surface area contributed by atoms with Crippen LogP contribution >= 0.6 is 23.1 Å². The summed E-state index contributed by atoms with van der Waals surface area (Å²) >= 11 is 3.09. The number of aromatic carboxylic acids is 1. The first-order chi connectivity index (χ1) is 7.09. The van der Waals surface area contributed by atoms with E-state index in [4.69, 9.17) is 5.11 Å². The van der Waals surface area contributed by atoms with Gasteiger partial charge in [0.25, 0.3) is 0 Å². The highest BCUT2D eigenvalue weighted by atomic mass is 32.2. The zero-order valence-electron chi connectivity index (χ0n) is 8.61. The number of hydrogen-bond donors (Lipinski definition) is 2. The second-order valence-corrected chi connectivity index (χ2v) is 6.05. The Hall–Kier alpha value is -0.680. The van der Waals surface area contributed by atoms with E-state index in [9.17, 15) is 4.79 Å². The van der Waals surface area contributed by atoms with Gasteiger partial charge >= 0.3 is 5.97 Å². The maximum absolute atomic E-state index is 10.9. The number of carbonyl (C=O) groups is 1. The molecule has 0 fully saturated rings. The average Bonchev–Trinajstić information content (AvgIpc) is 2.59. The van der Waals surface area contributed by atoms with Crippen LogP contribution in [0.1, 0.15) is 23.5 Å². The lowest BCUT2D eigenvalue weighted by atomic mass is 10.1. The van der Waals surface area contributed by atoms with Crippen molar-refractivity contribution in [2.45, 2.75) is 24.0 Å². The summed E-state index contributed by atoms with van der Waals surface area (Å²) in [4.78, 5) is 12.4. The van der Waals surface area contributed by atoms with Gasteiger partial charge in [0, 0.05) is 22.1 Å². The van der Waals surface area contributed by atoms with Gasteiger partial charge in [0.2, 0.25) is 0 Å². The van der Waals surface area contributed by atoms with E-state index in [1.54, 1.807) is 11.8 Å². The Bertz CT molecular complexity index is 387. The van der Waals surface area contributed by atoms with E-state index >= 15 is 0 Å². The van der Waals surface area contributed by atoms with E-state index in [1.165, 1.54) is 11.3 Å². The molecule has 5 heteroatoms. The molecular weight excluding hydrogens is 230 g/mol. The largest absolute Gasteiger partial charge is 0.477 e. The standard InChI is InChI=1S/C10H13NO2S2/c1-5(2)6-3-11-8-7(15-6)4-14-9(8)10(12)13/h4-6,11H,3H2,1-2H3,(H,12,13). The molecule has 1 aromatic heterocycles. The fraction of sp³-hybridized carbons (Fsp3) is 0.500. The monoisotopic (exact) mass is 243 g/mol. The van der Waals surface area contributed by atoms with Gasteiger partial charge < -0.3 is 10.4 Å². The van der Waals surface area contributed by atoms with Gasteiger partial charge in [0.15, 0.2) is 0 Å². The summed E-state index contributed by atoms with van der Waals surface area (Å²) in [5, 5.41) is 14.7. The Morgan fingerprint density at radius 3 is 3.00 bits per heavy atom. The number of thioether (sulfide) groups is 1. The van der Waals surface area contributed by atoms with E-state index in [2.05, 4.69) is 19.2 Å². The molecule has 1 atom stereocenters. The number of carboxylic acids is 1. The van der Waals surface area contributed by atoms with E-state index in [-0.39, 0.29) is 0 Å². The van der Waals surface area contributed by atoms with Crippen LogP contribution in [0.5, 0.6) is 0 Å². The van der Waals surface area contributed by atoms with Crippen molar-refractivity contribution < 1.29 is 9.90 Å². The van der Waals surface area contributed by atoms with Gasteiger partial charge in [-0.3, -0.25) is 0 Å². The number of nitrogens with one attached hydrogen (secondary N) is 1. The van der Waals surface area contributed by atoms with Crippen LogP contribution in [0.2, 0.25) is 0 Å². The molecule has 0 spiro atoms. The van der Waals surface area contributed by atoms with Gasteiger partial charge in [-0.15, -0.1) is 23.1 Å². The summed E-state index contributed by atoms with van der Waals surface area (Å²) in [6, 6.07) is 0. The summed E-state index contributed by atoms with van der Waals surface area (Å²) in [5.41, 5.74) is 0.814. The van der Waals surface area contributed by atoms with Crippen LogP contribution in [0.25, 0.3) is 0 Å². The van der Waals surface area contributed by atoms with Crippen LogP contribution in [0, 0.1) is 5.92 Å². The molecule has 1 unspecified atom stereocenters. The highest BCUT2D eigenvalue weighted by molar-refractivity contribution is 8.00. The van der Waals surface area contributed by atoms with Gasteiger partial charge in [-0.2, -0.15) is 0 Å². The van der Waals surface area contributed by atoms with E-state index in [0.29, 0.717) is 16.0 Å². The third-order valence-electron chi connectivity index (χ3n) is 2.45. The fourth-order valence-electron chi connectivity index (χ4n) is 1.53. The topological polar surface area (TPSA) is 49.3 Å². The maximum Gasteiger partial charge on any atom is 0.348 e. The predicted octanol–water partition coefficient (Wildman–Crippen LogP) is 2.99. The van der Waals surface area contributed by atoms with Gasteiger partial charge in [0.1, 0.15) is 4.88 Å². The Morgan fingerprint density at radius 1 is 1.67 bits per heavy atom. The van der Waals surface area contributed by atoms with E-state index in [0.717, 1.165) is 17.1 Å². The van der Waals surface area contributed by atoms with Crippen molar-refractivity contribution in [3.05, 3.63) is 10.3 Å². The molecule has 15 heavy (non-hydrogen) atoms. The van der Waals surface area contributed by atoms with Crippen LogP contribution in [-0.4, -0.2) is 22.9 Å². The van der Waals surface area contributed by atoms with Crippen molar-refractivity contribution in [3.63, 3.8) is 0 Å². The number of thiophene rings is 1. The molecule has 2 heterocycles. The maximum atomic E-state index is 10.9. The lowest BCUT2D eigenvalue weighted by Crippen LogP contribution is -2.26. The zero-order valence-corrected chi connectivity index (χ0v) is 10.2. The quantitative estimate of drug-likeness (QED) is 0.838.